The molecule has 0 aliphatic heterocycles. The van der Waals surface area contributed by atoms with Crippen molar-refractivity contribution in [2.24, 2.45) is 0 Å². The summed E-state index contributed by atoms with van der Waals surface area (Å²) in [5.74, 6) is 0. The van der Waals surface area contributed by atoms with Crippen molar-refractivity contribution < 1.29 is 0 Å². The molecule has 4 nitrogen and oxygen atoms in total. The highest BCUT2D eigenvalue weighted by Gasteiger charge is 2.03. The molecule has 6 heteroatoms. The van der Waals surface area contributed by atoms with Gasteiger partial charge in [0.2, 0.25) is 0 Å². The molecule has 0 saturated carbocycles. The van der Waals surface area contributed by atoms with E-state index in [1.54, 1.807) is 0 Å². The molecule has 0 atom stereocenters. The summed E-state index contributed by atoms with van der Waals surface area (Å²) < 4.78 is 2.05. The molecule has 19 heavy (non-hydrogen) atoms. The van der Waals surface area contributed by atoms with Gasteiger partial charge in [-0.15, -0.1) is 24.8 Å². The number of hydrogen-bond donors (Lipinski definition) is 1. The highest BCUT2D eigenvalue weighted by molar-refractivity contribution is 5.85. The fraction of sp³-hybridized carbons (Fsp3) is 0.769. The zero-order chi connectivity index (χ0) is 12.7. The lowest BCUT2D eigenvalue weighted by Gasteiger charge is -2.09. The van der Waals surface area contributed by atoms with Crippen LogP contribution in [0.5, 0.6) is 0 Å². The first-order chi connectivity index (χ1) is 8.13. The van der Waals surface area contributed by atoms with Crippen molar-refractivity contribution in [1.29, 1.82) is 0 Å². The number of halogens is 2. The molecular formula is C13H28Cl2N4. The summed E-state index contributed by atoms with van der Waals surface area (Å²) in [7, 11) is 4.22. The van der Waals surface area contributed by atoms with Gasteiger partial charge in [0.1, 0.15) is 0 Å². The molecule has 0 bridgehead atoms. The van der Waals surface area contributed by atoms with Gasteiger partial charge in [0, 0.05) is 24.8 Å². The van der Waals surface area contributed by atoms with Crippen LogP contribution in [0.3, 0.4) is 0 Å². The summed E-state index contributed by atoms with van der Waals surface area (Å²) in [5, 5.41) is 7.97. The minimum absolute atomic E-state index is 0. The lowest BCUT2D eigenvalue weighted by atomic mass is 10.2. The molecule has 0 aliphatic carbocycles. The normalized spacial score (nSPS) is 10.2. The first kappa shape index (κ1) is 21.0. The summed E-state index contributed by atoms with van der Waals surface area (Å²) in [5.41, 5.74) is 2.47. The molecule has 1 aromatic rings. The van der Waals surface area contributed by atoms with Crippen LogP contribution in [0.2, 0.25) is 0 Å². The van der Waals surface area contributed by atoms with E-state index in [1.165, 1.54) is 12.0 Å². The van der Waals surface area contributed by atoms with Gasteiger partial charge in [-0.1, -0.05) is 6.92 Å². The summed E-state index contributed by atoms with van der Waals surface area (Å²) >= 11 is 0. The Labute approximate surface area is 129 Å². The first-order valence-electron chi connectivity index (χ1n) is 6.52. The van der Waals surface area contributed by atoms with E-state index in [1.807, 2.05) is 4.68 Å². The van der Waals surface area contributed by atoms with Crippen LogP contribution in [0.25, 0.3) is 0 Å². The van der Waals surface area contributed by atoms with Crippen LogP contribution in [-0.4, -0.2) is 41.9 Å². The Morgan fingerprint density at radius 1 is 1.32 bits per heavy atom. The van der Waals surface area contributed by atoms with Crippen LogP contribution < -0.4 is 5.32 Å². The third-order valence-electron chi connectivity index (χ3n) is 2.78. The van der Waals surface area contributed by atoms with E-state index in [0.29, 0.717) is 0 Å². The van der Waals surface area contributed by atoms with Crippen molar-refractivity contribution in [1.82, 2.24) is 20.0 Å². The van der Waals surface area contributed by atoms with Crippen molar-refractivity contribution in [2.75, 3.05) is 27.2 Å². The highest BCUT2D eigenvalue weighted by atomic mass is 35.5. The first-order valence-corrected chi connectivity index (χ1v) is 6.52. The molecule has 1 N–H and O–H groups in total. The largest absolute Gasteiger partial charge is 0.312 e. The van der Waals surface area contributed by atoms with E-state index >= 15 is 0 Å². The van der Waals surface area contributed by atoms with Crippen molar-refractivity contribution in [3.63, 3.8) is 0 Å². The van der Waals surface area contributed by atoms with Gasteiger partial charge in [-0.3, -0.25) is 4.68 Å². The smallest absolute Gasteiger partial charge is 0.0638 e. The molecule has 0 saturated heterocycles. The summed E-state index contributed by atoms with van der Waals surface area (Å²) in [6.07, 6.45) is 4.49. The molecule has 0 aliphatic rings. The summed E-state index contributed by atoms with van der Waals surface area (Å²) in [4.78, 5) is 2.21. The van der Waals surface area contributed by atoms with E-state index in [4.69, 9.17) is 0 Å². The molecule has 0 spiro atoms. The molecule has 114 valence electrons. The minimum Gasteiger partial charge on any atom is -0.312 e. The van der Waals surface area contributed by atoms with Gasteiger partial charge in [-0.05, 0) is 47.0 Å². The molecule has 0 unspecified atom stereocenters. The average molecular weight is 311 g/mol. The molecule has 0 amide bonds. The lowest BCUT2D eigenvalue weighted by molar-refractivity contribution is 0.394. The van der Waals surface area contributed by atoms with Gasteiger partial charge in [0.15, 0.2) is 0 Å². The fourth-order valence-electron chi connectivity index (χ4n) is 1.82. The van der Waals surface area contributed by atoms with E-state index in [9.17, 15) is 0 Å². The SMILES string of the molecule is CCCn1cc(CNCCCN(C)C)c(C)n1.Cl.Cl. The maximum Gasteiger partial charge on any atom is 0.0638 e. The minimum atomic E-state index is 0. The molecule has 0 aromatic carbocycles. The van der Waals surface area contributed by atoms with Crippen molar-refractivity contribution in [3.8, 4) is 0 Å². The number of nitrogens with one attached hydrogen (secondary N) is 1. The maximum atomic E-state index is 4.50. The van der Waals surface area contributed by atoms with E-state index < -0.39 is 0 Å². The molecule has 0 radical (unpaired) electrons. The van der Waals surface area contributed by atoms with E-state index in [0.717, 1.165) is 38.3 Å². The van der Waals surface area contributed by atoms with Gasteiger partial charge in [0.25, 0.3) is 0 Å². The second-order valence-corrected chi connectivity index (χ2v) is 4.84. The Kier molecular flexibility index (Phi) is 12.8. The van der Waals surface area contributed by atoms with Gasteiger partial charge in [0.05, 0.1) is 5.69 Å². The van der Waals surface area contributed by atoms with Crippen LogP contribution in [-0.2, 0) is 13.1 Å². The van der Waals surface area contributed by atoms with Crippen molar-refractivity contribution in [2.45, 2.75) is 39.8 Å². The Morgan fingerprint density at radius 3 is 2.58 bits per heavy atom. The van der Waals surface area contributed by atoms with Crippen LogP contribution in [0.4, 0.5) is 0 Å². The Bertz CT molecular complexity index is 326. The third-order valence-corrected chi connectivity index (χ3v) is 2.78. The Balaban J connectivity index is 0. The monoisotopic (exact) mass is 310 g/mol. The number of nitrogens with zero attached hydrogens (tertiary/aromatic N) is 3. The second-order valence-electron chi connectivity index (χ2n) is 4.84. The molecule has 1 rings (SSSR count). The zero-order valence-electron chi connectivity index (χ0n) is 12.5. The number of hydrogen-bond acceptors (Lipinski definition) is 3. The van der Waals surface area contributed by atoms with E-state index in [2.05, 4.69) is 49.5 Å². The van der Waals surface area contributed by atoms with Crippen LogP contribution in [0, 0.1) is 6.92 Å². The second kappa shape index (κ2) is 11.5. The average Bonchev–Trinajstić information content (AvgIpc) is 2.59. The zero-order valence-corrected chi connectivity index (χ0v) is 14.1. The lowest BCUT2D eigenvalue weighted by Crippen LogP contribution is -2.21. The molecule has 1 aromatic heterocycles. The Hall–Kier alpha value is -0.290. The predicted octanol–water partition coefficient (Wildman–Crippen LogP) is 2.49. The van der Waals surface area contributed by atoms with Gasteiger partial charge < -0.3 is 10.2 Å². The number of aromatic nitrogens is 2. The van der Waals surface area contributed by atoms with Gasteiger partial charge in [-0.2, -0.15) is 5.10 Å². The van der Waals surface area contributed by atoms with Crippen LogP contribution in [0.15, 0.2) is 6.20 Å². The topological polar surface area (TPSA) is 33.1 Å². The van der Waals surface area contributed by atoms with Gasteiger partial charge in [-0.25, -0.2) is 0 Å². The Morgan fingerprint density at radius 2 is 2.00 bits per heavy atom. The quantitative estimate of drug-likeness (QED) is 0.749. The summed E-state index contributed by atoms with van der Waals surface area (Å²) in [6, 6.07) is 0. The van der Waals surface area contributed by atoms with Crippen molar-refractivity contribution in [3.05, 3.63) is 17.5 Å². The fourth-order valence-corrected chi connectivity index (χ4v) is 1.82. The third kappa shape index (κ3) is 8.47. The number of aryl methyl sites for hydroxylation is 2. The predicted molar refractivity (Wildman–Crippen MR) is 86.6 cm³/mol. The van der Waals surface area contributed by atoms with Gasteiger partial charge >= 0.3 is 0 Å². The van der Waals surface area contributed by atoms with Crippen LogP contribution in [0.1, 0.15) is 31.0 Å². The number of rotatable bonds is 8. The molecular weight excluding hydrogens is 283 g/mol. The van der Waals surface area contributed by atoms with E-state index in [-0.39, 0.29) is 24.8 Å². The molecule has 1 heterocycles. The molecule has 0 fully saturated rings. The van der Waals surface area contributed by atoms with Crippen molar-refractivity contribution >= 4 is 24.8 Å². The van der Waals surface area contributed by atoms with Crippen LogP contribution >= 0.6 is 24.8 Å². The maximum absolute atomic E-state index is 4.50. The highest BCUT2D eigenvalue weighted by Crippen LogP contribution is 2.05. The standard InChI is InChI=1S/C13H26N4.2ClH/c1-5-8-17-11-13(12(2)15-17)10-14-7-6-9-16(3)4;;/h11,14H,5-10H2,1-4H3;2*1H. The summed E-state index contributed by atoms with van der Waals surface area (Å²) in [6.45, 7) is 8.42.